The largest absolute Gasteiger partial charge is 0.311 e. The molecule has 0 spiro atoms. The Morgan fingerprint density at radius 2 is 2.00 bits per heavy atom. The van der Waals surface area contributed by atoms with E-state index in [-0.39, 0.29) is 0 Å². The van der Waals surface area contributed by atoms with Crippen LogP contribution in [0.15, 0.2) is 36.9 Å². The maximum absolute atomic E-state index is 10.7. The van der Waals surface area contributed by atoms with Crippen LogP contribution in [0.3, 0.4) is 0 Å². The zero-order valence-electron chi connectivity index (χ0n) is 7.73. The predicted molar refractivity (Wildman–Crippen MR) is 54.8 cm³/mol. The first kappa shape index (κ1) is 9.52. The molecule has 0 aliphatic rings. The van der Waals surface area contributed by atoms with Gasteiger partial charge in [0.2, 0.25) is 6.41 Å². The molecule has 1 rings (SSSR count). The highest BCUT2D eigenvalue weighted by molar-refractivity contribution is 5.75. The fourth-order valence-corrected chi connectivity index (χ4v) is 1.08. The molecule has 0 heterocycles. The average molecular weight is 175 g/mol. The second-order valence-corrected chi connectivity index (χ2v) is 2.88. The molecule has 68 valence electrons. The normalized spacial score (nSPS) is 9.31. The summed E-state index contributed by atoms with van der Waals surface area (Å²) >= 11 is 0. The SMILES string of the molecule is C=CCN(C=O)c1ccc(C)cc1. The number of aryl methyl sites for hydroxylation is 1. The first-order valence-corrected chi connectivity index (χ1v) is 4.17. The highest BCUT2D eigenvalue weighted by Crippen LogP contribution is 2.12. The monoisotopic (exact) mass is 175 g/mol. The summed E-state index contributed by atoms with van der Waals surface area (Å²) < 4.78 is 0. The molecule has 2 heteroatoms. The zero-order chi connectivity index (χ0) is 9.68. The Labute approximate surface area is 78.5 Å². The van der Waals surface area contributed by atoms with Gasteiger partial charge in [0.25, 0.3) is 0 Å². The van der Waals surface area contributed by atoms with Gasteiger partial charge in [0.15, 0.2) is 0 Å². The molecule has 1 aromatic carbocycles. The number of hydrogen-bond acceptors (Lipinski definition) is 1. The highest BCUT2D eigenvalue weighted by atomic mass is 16.1. The van der Waals surface area contributed by atoms with Crippen molar-refractivity contribution in [1.29, 1.82) is 0 Å². The van der Waals surface area contributed by atoms with E-state index < -0.39 is 0 Å². The molecular weight excluding hydrogens is 162 g/mol. The minimum atomic E-state index is 0.548. The lowest BCUT2D eigenvalue weighted by molar-refractivity contribution is -0.107. The predicted octanol–water partition coefficient (Wildman–Crippen LogP) is 2.14. The molecule has 0 atom stereocenters. The van der Waals surface area contributed by atoms with E-state index in [2.05, 4.69) is 6.58 Å². The molecule has 0 saturated carbocycles. The van der Waals surface area contributed by atoms with Crippen LogP contribution in [0.4, 0.5) is 5.69 Å². The molecule has 1 amide bonds. The molecule has 2 nitrogen and oxygen atoms in total. The van der Waals surface area contributed by atoms with Gasteiger partial charge in [0.05, 0.1) is 0 Å². The molecule has 1 aromatic rings. The van der Waals surface area contributed by atoms with Gasteiger partial charge in [-0.1, -0.05) is 23.8 Å². The quantitative estimate of drug-likeness (QED) is 0.507. The van der Waals surface area contributed by atoms with E-state index in [0.717, 1.165) is 12.1 Å². The maximum Gasteiger partial charge on any atom is 0.214 e. The van der Waals surface area contributed by atoms with Crippen molar-refractivity contribution >= 4 is 12.1 Å². The Morgan fingerprint density at radius 1 is 1.38 bits per heavy atom. The minimum Gasteiger partial charge on any atom is -0.311 e. The minimum absolute atomic E-state index is 0.548. The van der Waals surface area contributed by atoms with Crippen LogP contribution in [0.2, 0.25) is 0 Å². The van der Waals surface area contributed by atoms with E-state index in [1.807, 2.05) is 31.2 Å². The highest BCUT2D eigenvalue weighted by Gasteiger charge is 2.00. The summed E-state index contributed by atoms with van der Waals surface area (Å²) in [5, 5.41) is 0. The Kier molecular flexibility index (Phi) is 3.26. The molecule has 0 aliphatic heterocycles. The second-order valence-electron chi connectivity index (χ2n) is 2.88. The van der Waals surface area contributed by atoms with E-state index in [0.29, 0.717) is 6.54 Å². The van der Waals surface area contributed by atoms with Crippen molar-refractivity contribution in [3.8, 4) is 0 Å². The fourth-order valence-electron chi connectivity index (χ4n) is 1.08. The number of carbonyl (C=O) groups excluding carboxylic acids is 1. The second kappa shape index (κ2) is 4.45. The molecule has 0 aliphatic carbocycles. The summed E-state index contributed by atoms with van der Waals surface area (Å²) in [5.74, 6) is 0. The third-order valence-corrected chi connectivity index (χ3v) is 1.82. The molecule has 0 fully saturated rings. The number of nitrogens with zero attached hydrogens (tertiary/aromatic N) is 1. The van der Waals surface area contributed by atoms with Gasteiger partial charge in [-0.25, -0.2) is 0 Å². The third-order valence-electron chi connectivity index (χ3n) is 1.82. The number of benzene rings is 1. The van der Waals surface area contributed by atoms with Crippen LogP contribution in [-0.2, 0) is 4.79 Å². The van der Waals surface area contributed by atoms with Crippen LogP contribution in [0.5, 0.6) is 0 Å². The van der Waals surface area contributed by atoms with Crippen LogP contribution in [-0.4, -0.2) is 13.0 Å². The van der Waals surface area contributed by atoms with Crippen molar-refractivity contribution in [3.05, 3.63) is 42.5 Å². The van der Waals surface area contributed by atoms with Crippen LogP contribution in [0, 0.1) is 6.92 Å². The molecule has 0 unspecified atom stereocenters. The van der Waals surface area contributed by atoms with Crippen molar-refractivity contribution in [2.45, 2.75) is 6.92 Å². The van der Waals surface area contributed by atoms with Gasteiger partial charge in [-0.3, -0.25) is 4.79 Å². The summed E-state index contributed by atoms with van der Waals surface area (Å²) in [6, 6.07) is 7.81. The van der Waals surface area contributed by atoms with Crippen LogP contribution >= 0.6 is 0 Å². The van der Waals surface area contributed by atoms with Gasteiger partial charge in [0, 0.05) is 12.2 Å². The fraction of sp³-hybridized carbons (Fsp3) is 0.182. The van der Waals surface area contributed by atoms with E-state index in [1.165, 1.54) is 5.56 Å². The smallest absolute Gasteiger partial charge is 0.214 e. The lowest BCUT2D eigenvalue weighted by Gasteiger charge is -2.14. The van der Waals surface area contributed by atoms with E-state index in [4.69, 9.17) is 0 Å². The van der Waals surface area contributed by atoms with Gasteiger partial charge in [-0.05, 0) is 19.1 Å². The lowest BCUT2D eigenvalue weighted by atomic mass is 10.2. The lowest BCUT2D eigenvalue weighted by Crippen LogP contribution is -2.20. The molecular formula is C11H13NO. The molecule has 0 aromatic heterocycles. The van der Waals surface area contributed by atoms with Crippen LogP contribution in [0.1, 0.15) is 5.56 Å². The van der Waals surface area contributed by atoms with Gasteiger partial charge in [0.1, 0.15) is 0 Å². The molecule has 0 N–H and O–H groups in total. The van der Waals surface area contributed by atoms with E-state index in [9.17, 15) is 4.79 Å². The van der Waals surface area contributed by atoms with Gasteiger partial charge in [-0.15, -0.1) is 6.58 Å². The van der Waals surface area contributed by atoms with Crippen molar-refractivity contribution in [2.75, 3.05) is 11.4 Å². The van der Waals surface area contributed by atoms with Crippen molar-refractivity contribution in [3.63, 3.8) is 0 Å². The number of hydrogen-bond donors (Lipinski definition) is 0. The van der Waals surface area contributed by atoms with Crippen molar-refractivity contribution in [2.24, 2.45) is 0 Å². The molecule has 13 heavy (non-hydrogen) atoms. The summed E-state index contributed by atoms with van der Waals surface area (Å²) in [6.07, 6.45) is 2.51. The van der Waals surface area contributed by atoms with Crippen molar-refractivity contribution < 1.29 is 4.79 Å². The molecule has 0 radical (unpaired) electrons. The van der Waals surface area contributed by atoms with Crippen LogP contribution in [0.25, 0.3) is 0 Å². The first-order valence-electron chi connectivity index (χ1n) is 4.17. The van der Waals surface area contributed by atoms with Gasteiger partial charge in [-0.2, -0.15) is 0 Å². The number of carbonyl (C=O) groups is 1. The van der Waals surface area contributed by atoms with Gasteiger partial charge >= 0.3 is 0 Å². The summed E-state index contributed by atoms with van der Waals surface area (Å²) in [7, 11) is 0. The van der Waals surface area contributed by atoms with Crippen molar-refractivity contribution in [1.82, 2.24) is 0 Å². The van der Waals surface area contributed by atoms with E-state index in [1.54, 1.807) is 11.0 Å². The summed E-state index contributed by atoms with van der Waals surface area (Å²) in [4.78, 5) is 12.3. The van der Waals surface area contributed by atoms with Gasteiger partial charge < -0.3 is 4.90 Å². The third kappa shape index (κ3) is 2.44. The number of rotatable bonds is 4. The Balaban J connectivity index is 2.84. The average Bonchev–Trinajstić information content (AvgIpc) is 2.16. The van der Waals surface area contributed by atoms with Crippen LogP contribution < -0.4 is 4.90 Å². The first-order chi connectivity index (χ1) is 6.27. The summed E-state index contributed by atoms with van der Waals surface area (Å²) in [5.41, 5.74) is 2.09. The number of anilines is 1. The Morgan fingerprint density at radius 3 is 2.46 bits per heavy atom. The standard InChI is InChI=1S/C11H13NO/c1-3-8-12(9-13)11-6-4-10(2)5-7-11/h3-7,9H,1,8H2,2H3. The molecule has 0 bridgehead atoms. The summed E-state index contributed by atoms with van der Waals surface area (Å²) in [6.45, 7) is 6.16. The zero-order valence-corrected chi connectivity index (χ0v) is 7.73. The Hall–Kier alpha value is -1.57. The van der Waals surface area contributed by atoms with E-state index >= 15 is 0 Å². The topological polar surface area (TPSA) is 20.3 Å². The number of amides is 1. The molecule has 0 saturated heterocycles. The maximum atomic E-state index is 10.7. The Bertz CT molecular complexity index is 289.